The van der Waals surface area contributed by atoms with E-state index in [-0.39, 0.29) is 18.6 Å². The van der Waals surface area contributed by atoms with Crippen LogP contribution in [0.2, 0.25) is 0 Å². The summed E-state index contributed by atoms with van der Waals surface area (Å²) in [5.41, 5.74) is 0. The summed E-state index contributed by atoms with van der Waals surface area (Å²) in [7, 11) is -4.05. The maximum atomic E-state index is 11.6. The van der Waals surface area contributed by atoms with E-state index in [1.165, 1.54) is 32.1 Å². The molecule has 0 aromatic heterocycles. The van der Waals surface area contributed by atoms with Crippen molar-refractivity contribution in [3.63, 3.8) is 0 Å². The lowest BCUT2D eigenvalue weighted by atomic mass is 9.87. The maximum absolute atomic E-state index is 11.6. The second-order valence-electron chi connectivity index (χ2n) is 7.42. The zero-order valence-electron chi connectivity index (χ0n) is 15.6. The highest BCUT2D eigenvalue weighted by molar-refractivity contribution is 7.47. The third-order valence-corrected chi connectivity index (χ3v) is 6.34. The number of phosphoric acid groups is 1. The van der Waals surface area contributed by atoms with Crippen molar-refractivity contribution in [2.75, 3.05) is 6.61 Å². The quantitative estimate of drug-likeness (QED) is 0.414. The van der Waals surface area contributed by atoms with Gasteiger partial charge in [-0.25, -0.2) is 4.57 Å². The Kier molecular flexibility index (Phi) is 8.86. The Morgan fingerprint density at radius 1 is 1.04 bits per heavy atom. The van der Waals surface area contributed by atoms with Gasteiger partial charge in [-0.1, -0.05) is 65.2 Å². The lowest BCUT2D eigenvalue weighted by molar-refractivity contribution is -0.0639. The average Bonchev–Trinajstić information content (AvgIpc) is 2.88. The molecule has 6 unspecified atom stereocenters. The second-order valence-corrected chi connectivity index (χ2v) is 8.83. The molecule has 6 nitrogen and oxygen atoms in total. The van der Waals surface area contributed by atoms with Crippen molar-refractivity contribution in [2.45, 2.75) is 102 Å². The molecule has 0 aliphatic carbocycles. The Bertz CT molecular complexity index is 432. The van der Waals surface area contributed by atoms with E-state index in [0.29, 0.717) is 0 Å². The van der Waals surface area contributed by atoms with Crippen molar-refractivity contribution in [3.8, 4) is 0 Å². The lowest BCUT2D eigenvalue weighted by Crippen LogP contribution is -2.40. The zero-order valence-corrected chi connectivity index (χ0v) is 16.5. The predicted octanol–water partition coefficient (Wildman–Crippen LogP) is 4.19. The number of fused-ring (bicyclic) bond motifs is 1. The number of aliphatic hydroxyl groups excluding tert-OH is 1. The summed E-state index contributed by atoms with van der Waals surface area (Å²) in [6, 6.07) is 0. The van der Waals surface area contributed by atoms with Gasteiger partial charge in [0, 0.05) is 0 Å². The highest BCUT2D eigenvalue weighted by atomic mass is 31.2. The highest BCUT2D eigenvalue weighted by Crippen LogP contribution is 2.52. The monoisotopic (exact) mass is 378 g/mol. The maximum Gasteiger partial charge on any atom is 0.472 e. The molecule has 2 aliphatic rings. The molecule has 2 rings (SSSR count). The van der Waals surface area contributed by atoms with E-state index in [0.717, 1.165) is 32.1 Å². The lowest BCUT2D eigenvalue weighted by Gasteiger charge is -2.28. The van der Waals surface area contributed by atoms with Gasteiger partial charge in [0.2, 0.25) is 0 Å². The van der Waals surface area contributed by atoms with Crippen molar-refractivity contribution in [1.82, 2.24) is 0 Å². The molecule has 2 fully saturated rings. The van der Waals surface area contributed by atoms with Crippen LogP contribution < -0.4 is 0 Å². The van der Waals surface area contributed by atoms with Crippen LogP contribution in [0.4, 0.5) is 0 Å². The summed E-state index contributed by atoms with van der Waals surface area (Å²) in [4.78, 5) is 9.51. The molecule has 0 amide bonds. The Morgan fingerprint density at radius 3 is 2.32 bits per heavy atom. The predicted molar refractivity (Wildman–Crippen MR) is 96.3 cm³/mol. The smallest absolute Gasteiger partial charge is 0.388 e. The van der Waals surface area contributed by atoms with Crippen molar-refractivity contribution in [2.24, 2.45) is 5.92 Å². The zero-order chi connectivity index (χ0) is 18.3. The number of unbranched alkanes of at least 4 members (excludes halogenated alkanes) is 6. The van der Waals surface area contributed by atoms with Gasteiger partial charge >= 0.3 is 7.82 Å². The molecule has 0 bridgehead atoms. The van der Waals surface area contributed by atoms with Crippen molar-refractivity contribution < 1.29 is 28.3 Å². The summed E-state index contributed by atoms with van der Waals surface area (Å²) in [6.07, 6.45) is 9.16. The first kappa shape index (κ1) is 21.3. The Morgan fingerprint density at radius 2 is 1.64 bits per heavy atom. The van der Waals surface area contributed by atoms with E-state index in [9.17, 15) is 14.6 Å². The molecular weight excluding hydrogens is 343 g/mol. The molecule has 0 radical (unpaired) electrons. The molecule has 7 heteroatoms. The minimum absolute atomic E-state index is 0.00415. The van der Waals surface area contributed by atoms with Gasteiger partial charge < -0.3 is 14.7 Å². The molecule has 148 valence electrons. The van der Waals surface area contributed by atoms with Crippen molar-refractivity contribution in [1.29, 1.82) is 0 Å². The molecule has 25 heavy (non-hydrogen) atoms. The first-order valence-electron chi connectivity index (χ1n) is 9.97. The first-order valence-corrected chi connectivity index (χ1v) is 11.5. The Labute approximate surface area is 151 Å². The molecule has 0 saturated carbocycles. The molecule has 2 aliphatic heterocycles. The number of aliphatic hydroxyl groups is 1. The van der Waals surface area contributed by atoms with Gasteiger partial charge in [-0.3, -0.25) is 9.05 Å². The molecule has 0 spiro atoms. The van der Waals surface area contributed by atoms with Gasteiger partial charge in [0.05, 0.1) is 12.7 Å². The summed E-state index contributed by atoms with van der Waals surface area (Å²) in [5, 5.41) is 10.6. The van der Waals surface area contributed by atoms with Crippen LogP contribution in [-0.4, -0.2) is 41.0 Å². The third kappa shape index (κ3) is 6.30. The fraction of sp³-hybridized carbons (Fsp3) is 1.00. The van der Waals surface area contributed by atoms with Crippen LogP contribution in [0.25, 0.3) is 0 Å². The van der Waals surface area contributed by atoms with Crippen LogP contribution in [0, 0.1) is 5.92 Å². The number of rotatable bonds is 11. The van der Waals surface area contributed by atoms with Gasteiger partial charge in [-0.15, -0.1) is 0 Å². The summed E-state index contributed by atoms with van der Waals surface area (Å²) in [6.45, 7) is 4.39. The standard InChI is InChI=1S/C18H35O6P/c1-3-5-7-8-10-12-14(11-9-6-4-2)17-16(19)18-15(23-17)13-22-25(20,21)24-18/h14-19H,3-13H2,1-2H3,(H,20,21). The minimum atomic E-state index is -4.05. The van der Waals surface area contributed by atoms with E-state index in [2.05, 4.69) is 13.8 Å². The number of hydrogen-bond donors (Lipinski definition) is 2. The van der Waals surface area contributed by atoms with Crippen LogP contribution in [0.15, 0.2) is 0 Å². The fourth-order valence-corrected chi connectivity index (χ4v) is 4.88. The normalized spacial score (nSPS) is 36.3. The molecule has 2 heterocycles. The molecule has 0 aromatic rings. The van der Waals surface area contributed by atoms with Crippen LogP contribution >= 0.6 is 7.82 Å². The number of ether oxygens (including phenoxy) is 1. The largest absolute Gasteiger partial charge is 0.472 e. The van der Waals surface area contributed by atoms with Gasteiger partial charge in [0.25, 0.3) is 0 Å². The topological polar surface area (TPSA) is 85.2 Å². The Balaban J connectivity index is 1.92. The first-order chi connectivity index (χ1) is 12.0. The van der Waals surface area contributed by atoms with Crippen LogP contribution in [0.5, 0.6) is 0 Å². The highest BCUT2D eigenvalue weighted by Gasteiger charge is 2.53. The van der Waals surface area contributed by atoms with Gasteiger partial charge in [0.1, 0.15) is 18.3 Å². The van der Waals surface area contributed by atoms with E-state index in [4.69, 9.17) is 13.8 Å². The summed E-state index contributed by atoms with van der Waals surface area (Å²) < 4.78 is 27.6. The van der Waals surface area contributed by atoms with E-state index in [1.807, 2.05) is 0 Å². The molecule has 2 saturated heterocycles. The number of phosphoric ester groups is 1. The van der Waals surface area contributed by atoms with E-state index < -0.39 is 26.1 Å². The van der Waals surface area contributed by atoms with Crippen molar-refractivity contribution in [3.05, 3.63) is 0 Å². The van der Waals surface area contributed by atoms with Crippen LogP contribution in [0.3, 0.4) is 0 Å². The molecular formula is C18H35O6P. The van der Waals surface area contributed by atoms with Crippen LogP contribution in [0.1, 0.15) is 78.1 Å². The molecule has 2 N–H and O–H groups in total. The van der Waals surface area contributed by atoms with Gasteiger partial charge in [-0.05, 0) is 18.8 Å². The average molecular weight is 378 g/mol. The van der Waals surface area contributed by atoms with E-state index >= 15 is 0 Å². The van der Waals surface area contributed by atoms with Gasteiger partial charge in [-0.2, -0.15) is 0 Å². The van der Waals surface area contributed by atoms with Gasteiger partial charge in [0.15, 0.2) is 0 Å². The second kappa shape index (κ2) is 10.4. The molecule has 0 aromatic carbocycles. The summed E-state index contributed by atoms with van der Waals surface area (Å²) >= 11 is 0. The minimum Gasteiger partial charge on any atom is -0.388 e. The summed E-state index contributed by atoms with van der Waals surface area (Å²) in [5.74, 6) is 0.260. The number of hydrogen-bond acceptors (Lipinski definition) is 5. The SMILES string of the molecule is CCCCCCCC(CCCCC)C1OC2COP(=O)(O)OC2C1O. The Hall–Kier alpha value is 0.0300. The van der Waals surface area contributed by atoms with E-state index in [1.54, 1.807) is 0 Å². The fourth-order valence-electron chi connectivity index (χ4n) is 3.91. The molecule has 6 atom stereocenters. The van der Waals surface area contributed by atoms with Crippen LogP contribution in [-0.2, 0) is 18.3 Å². The van der Waals surface area contributed by atoms with Crippen molar-refractivity contribution >= 4 is 7.82 Å². The third-order valence-electron chi connectivity index (χ3n) is 5.35.